The zero-order valence-electron chi connectivity index (χ0n) is 16.0. The van der Waals surface area contributed by atoms with Crippen molar-refractivity contribution in [3.8, 4) is 28.6 Å². The lowest BCUT2D eigenvalue weighted by Crippen LogP contribution is -2.05. The number of aromatic nitrogens is 2. The summed E-state index contributed by atoms with van der Waals surface area (Å²) >= 11 is 1.54. The smallest absolute Gasteiger partial charge is 0.196 e. The van der Waals surface area contributed by atoms with Gasteiger partial charge in [-0.15, -0.1) is 11.8 Å². The Morgan fingerprint density at radius 2 is 1.90 bits per heavy atom. The first kappa shape index (κ1) is 18.2. The molecule has 4 aromatic rings. The molecule has 5 nitrogen and oxygen atoms in total. The molecule has 0 spiro atoms. The van der Waals surface area contributed by atoms with E-state index in [1.54, 1.807) is 0 Å². The van der Waals surface area contributed by atoms with Crippen LogP contribution < -0.4 is 4.74 Å². The number of fused-ring (bicyclic) bond motifs is 5. The molecule has 0 fully saturated rings. The molecule has 2 aromatic carbocycles. The van der Waals surface area contributed by atoms with E-state index >= 15 is 0 Å². The summed E-state index contributed by atoms with van der Waals surface area (Å²) in [5, 5.41) is 11.2. The Balaban J connectivity index is 1.75. The fourth-order valence-corrected chi connectivity index (χ4v) is 4.35. The third kappa shape index (κ3) is 3.28. The van der Waals surface area contributed by atoms with Crippen molar-refractivity contribution >= 4 is 22.7 Å². The lowest BCUT2D eigenvalue weighted by molar-refractivity contribution is 0.322. The quantitative estimate of drug-likeness (QED) is 0.386. The highest BCUT2D eigenvalue weighted by Gasteiger charge is 2.27. The van der Waals surface area contributed by atoms with Gasteiger partial charge in [-0.2, -0.15) is 0 Å². The maximum Gasteiger partial charge on any atom is 0.196 e. The molecule has 0 amide bonds. The molecule has 5 rings (SSSR count). The summed E-state index contributed by atoms with van der Waals surface area (Å²) < 4.78 is 12.3. The molecule has 0 saturated heterocycles. The van der Waals surface area contributed by atoms with Crippen molar-refractivity contribution in [1.82, 2.24) is 9.97 Å². The molecule has 0 atom stereocenters. The number of hydrogen-bond donors (Lipinski definition) is 1. The first-order chi connectivity index (χ1) is 14.2. The number of thioether (sulfide) groups is 1. The van der Waals surface area contributed by atoms with Crippen LogP contribution in [-0.4, -0.2) is 34.0 Å². The van der Waals surface area contributed by atoms with Gasteiger partial charge in [0, 0.05) is 23.3 Å². The summed E-state index contributed by atoms with van der Waals surface area (Å²) in [5.74, 6) is 2.62. The van der Waals surface area contributed by atoms with Crippen LogP contribution in [0.15, 0.2) is 58.0 Å². The van der Waals surface area contributed by atoms with Crippen molar-refractivity contribution < 1.29 is 14.3 Å². The van der Waals surface area contributed by atoms with Gasteiger partial charge in [-0.25, -0.2) is 9.97 Å². The van der Waals surface area contributed by atoms with Crippen molar-refractivity contribution in [2.45, 2.75) is 18.4 Å². The molecule has 1 aliphatic rings. The molecule has 1 aliphatic heterocycles. The first-order valence-electron chi connectivity index (χ1n) is 9.61. The van der Waals surface area contributed by atoms with Gasteiger partial charge in [-0.3, -0.25) is 0 Å². The molecule has 0 aliphatic carbocycles. The van der Waals surface area contributed by atoms with E-state index in [1.165, 1.54) is 17.3 Å². The fourth-order valence-electron chi connectivity index (χ4n) is 3.55. The SMILES string of the molecule is Cc1ccc(-c2nc(SCCO)c3c(n2)-c2oc4ccccc4c2OCC3)cc1. The Morgan fingerprint density at radius 1 is 1.07 bits per heavy atom. The van der Waals surface area contributed by atoms with Gasteiger partial charge in [-0.05, 0) is 19.1 Å². The monoisotopic (exact) mass is 404 g/mol. The van der Waals surface area contributed by atoms with Crippen LogP contribution in [0.2, 0.25) is 0 Å². The fraction of sp³-hybridized carbons (Fsp3) is 0.217. The zero-order chi connectivity index (χ0) is 19.8. The highest BCUT2D eigenvalue weighted by atomic mass is 32.2. The molecular formula is C23H20N2O3S. The molecule has 3 heterocycles. The number of furan rings is 1. The van der Waals surface area contributed by atoms with E-state index in [-0.39, 0.29) is 6.61 Å². The van der Waals surface area contributed by atoms with Crippen molar-refractivity contribution in [2.75, 3.05) is 19.0 Å². The van der Waals surface area contributed by atoms with E-state index in [0.717, 1.165) is 38.6 Å². The number of aryl methyl sites for hydroxylation is 1. The summed E-state index contributed by atoms with van der Waals surface area (Å²) in [6.45, 7) is 2.68. The van der Waals surface area contributed by atoms with E-state index in [9.17, 15) is 5.11 Å². The predicted octanol–water partition coefficient (Wildman–Crippen LogP) is 4.88. The molecule has 2 aromatic heterocycles. The van der Waals surface area contributed by atoms with Crippen LogP contribution in [0.5, 0.6) is 5.75 Å². The highest BCUT2D eigenvalue weighted by molar-refractivity contribution is 7.99. The third-order valence-corrected chi connectivity index (χ3v) is 5.97. The summed E-state index contributed by atoms with van der Waals surface area (Å²) in [6, 6.07) is 16.1. The van der Waals surface area contributed by atoms with Gasteiger partial charge in [-0.1, -0.05) is 42.0 Å². The topological polar surface area (TPSA) is 68.4 Å². The number of aliphatic hydroxyl groups excluding tert-OH is 1. The minimum absolute atomic E-state index is 0.0930. The van der Waals surface area contributed by atoms with Crippen LogP contribution in [0.4, 0.5) is 0 Å². The first-order valence-corrected chi connectivity index (χ1v) is 10.6. The van der Waals surface area contributed by atoms with E-state index in [1.807, 2.05) is 36.4 Å². The predicted molar refractivity (Wildman–Crippen MR) is 114 cm³/mol. The lowest BCUT2D eigenvalue weighted by Gasteiger charge is -2.12. The third-order valence-electron chi connectivity index (χ3n) is 4.97. The second-order valence-electron chi connectivity index (χ2n) is 6.97. The summed E-state index contributed by atoms with van der Waals surface area (Å²) in [4.78, 5) is 9.75. The molecule has 0 saturated carbocycles. The van der Waals surface area contributed by atoms with Crippen LogP contribution in [0.1, 0.15) is 11.1 Å². The van der Waals surface area contributed by atoms with Gasteiger partial charge in [0.1, 0.15) is 16.3 Å². The molecule has 0 radical (unpaired) electrons. The largest absolute Gasteiger partial charge is 0.488 e. The normalized spacial score (nSPS) is 12.9. The van der Waals surface area contributed by atoms with Gasteiger partial charge in [0.05, 0.1) is 18.6 Å². The number of ether oxygens (including phenoxy) is 1. The molecule has 0 unspecified atom stereocenters. The molecular weight excluding hydrogens is 384 g/mol. The number of nitrogens with zero attached hydrogens (tertiary/aromatic N) is 2. The minimum Gasteiger partial charge on any atom is -0.488 e. The Kier molecular flexibility index (Phi) is 4.73. The van der Waals surface area contributed by atoms with Gasteiger partial charge >= 0.3 is 0 Å². The van der Waals surface area contributed by atoms with E-state index < -0.39 is 0 Å². The average molecular weight is 404 g/mol. The molecule has 0 bridgehead atoms. The highest BCUT2D eigenvalue weighted by Crippen LogP contribution is 2.44. The van der Waals surface area contributed by atoms with Crippen LogP contribution >= 0.6 is 11.8 Å². The van der Waals surface area contributed by atoms with Gasteiger partial charge in [0.2, 0.25) is 0 Å². The second kappa shape index (κ2) is 7.54. The van der Waals surface area contributed by atoms with Crippen LogP contribution in [0.3, 0.4) is 0 Å². The molecule has 6 heteroatoms. The van der Waals surface area contributed by atoms with Crippen molar-refractivity contribution in [3.05, 3.63) is 59.7 Å². The lowest BCUT2D eigenvalue weighted by atomic mass is 10.1. The summed E-state index contributed by atoms with van der Waals surface area (Å²) in [5.41, 5.74) is 4.71. The number of aliphatic hydroxyl groups is 1. The maximum absolute atomic E-state index is 9.35. The van der Waals surface area contributed by atoms with Gasteiger partial charge in [0.15, 0.2) is 17.3 Å². The minimum atomic E-state index is 0.0930. The van der Waals surface area contributed by atoms with Crippen molar-refractivity contribution in [3.63, 3.8) is 0 Å². The summed E-state index contributed by atoms with van der Waals surface area (Å²) in [6.07, 6.45) is 0.690. The Morgan fingerprint density at radius 3 is 2.72 bits per heavy atom. The van der Waals surface area contributed by atoms with E-state index in [2.05, 4.69) is 19.1 Å². The summed E-state index contributed by atoms with van der Waals surface area (Å²) in [7, 11) is 0. The number of para-hydroxylation sites is 1. The van der Waals surface area contributed by atoms with Gasteiger partial charge in [0.25, 0.3) is 0 Å². The number of hydrogen-bond acceptors (Lipinski definition) is 6. The van der Waals surface area contributed by atoms with E-state index in [4.69, 9.17) is 19.1 Å². The van der Waals surface area contributed by atoms with Crippen LogP contribution in [0, 0.1) is 6.92 Å². The molecule has 29 heavy (non-hydrogen) atoms. The van der Waals surface area contributed by atoms with Crippen molar-refractivity contribution in [1.29, 1.82) is 0 Å². The number of benzene rings is 2. The Labute approximate surface area is 172 Å². The van der Waals surface area contributed by atoms with Crippen molar-refractivity contribution in [2.24, 2.45) is 0 Å². The maximum atomic E-state index is 9.35. The second-order valence-corrected chi connectivity index (χ2v) is 8.06. The van der Waals surface area contributed by atoms with E-state index in [0.29, 0.717) is 30.4 Å². The molecule has 146 valence electrons. The Bertz CT molecular complexity index is 1180. The zero-order valence-corrected chi connectivity index (χ0v) is 16.8. The van der Waals surface area contributed by atoms with Crippen LogP contribution in [0.25, 0.3) is 33.8 Å². The number of rotatable bonds is 4. The molecule has 1 N–H and O–H groups in total. The van der Waals surface area contributed by atoms with Gasteiger partial charge < -0.3 is 14.3 Å². The standard InChI is InChI=1S/C23H20N2O3S/c1-14-6-8-15(9-7-14)22-24-19-17(23(25-22)29-13-11-26)10-12-27-20-16-4-2-3-5-18(16)28-21(19)20/h2-9,26H,10-13H2,1H3. The Hall–Kier alpha value is -2.83. The van der Waals surface area contributed by atoms with Crippen LogP contribution in [-0.2, 0) is 6.42 Å². The average Bonchev–Trinajstić information content (AvgIpc) is 3.01.